The van der Waals surface area contributed by atoms with Crippen LogP contribution in [0.3, 0.4) is 0 Å². The lowest BCUT2D eigenvalue weighted by Crippen LogP contribution is -2.41. The zero-order valence-electron chi connectivity index (χ0n) is 13.8. The van der Waals surface area contributed by atoms with Gasteiger partial charge < -0.3 is 10.0 Å². The van der Waals surface area contributed by atoms with Gasteiger partial charge in [0.05, 0.1) is 11.1 Å². The van der Waals surface area contributed by atoms with Crippen molar-refractivity contribution in [3.63, 3.8) is 0 Å². The largest absolute Gasteiger partial charge is 0.396 e. The van der Waals surface area contributed by atoms with Crippen LogP contribution < -0.4 is 0 Å². The molecule has 4 nitrogen and oxygen atoms in total. The van der Waals surface area contributed by atoms with E-state index < -0.39 is 0 Å². The number of carbonyl (C=O) groups is 1. The van der Waals surface area contributed by atoms with Gasteiger partial charge in [-0.25, -0.2) is 0 Å². The molecule has 1 fully saturated rings. The minimum absolute atomic E-state index is 0.0589. The Morgan fingerprint density at radius 2 is 2.17 bits per heavy atom. The number of benzene rings is 1. The number of hydrogen-bond donors (Lipinski definition) is 1. The van der Waals surface area contributed by atoms with Gasteiger partial charge in [-0.15, -0.1) is 0 Å². The second-order valence-corrected chi connectivity index (χ2v) is 6.71. The van der Waals surface area contributed by atoms with Crippen molar-refractivity contribution in [3.05, 3.63) is 41.6 Å². The molecular formula is C19H24N2O2. The van der Waals surface area contributed by atoms with Crippen molar-refractivity contribution in [3.8, 4) is 0 Å². The molecule has 1 aliphatic heterocycles. The molecule has 2 heterocycles. The zero-order chi connectivity index (χ0) is 16.4. The summed E-state index contributed by atoms with van der Waals surface area (Å²) < 4.78 is 0. The van der Waals surface area contributed by atoms with Crippen LogP contribution in [-0.4, -0.2) is 40.6 Å². The predicted octanol–water partition coefficient (Wildman–Crippen LogP) is 3.20. The average molecular weight is 312 g/mol. The second kappa shape index (κ2) is 6.67. The summed E-state index contributed by atoms with van der Waals surface area (Å²) in [5.74, 6) is 0.534. The number of para-hydroxylation sites is 1. The quantitative estimate of drug-likeness (QED) is 0.947. The van der Waals surface area contributed by atoms with Gasteiger partial charge in [-0.1, -0.05) is 32.0 Å². The van der Waals surface area contributed by atoms with Crippen LogP contribution in [0.1, 0.15) is 48.7 Å². The van der Waals surface area contributed by atoms with Crippen LogP contribution in [0.4, 0.5) is 0 Å². The normalized spacial score (nSPS) is 18.6. The molecule has 23 heavy (non-hydrogen) atoms. The Labute approximate surface area is 137 Å². The van der Waals surface area contributed by atoms with Gasteiger partial charge in [0.15, 0.2) is 0 Å². The highest BCUT2D eigenvalue weighted by atomic mass is 16.3. The van der Waals surface area contributed by atoms with Crippen molar-refractivity contribution in [2.24, 2.45) is 5.92 Å². The van der Waals surface area contributed by atoms with Crippen LogP contribution >= 0.6 is 0 Å². The maximum absolute atomic E-state index is 13.1. The summed E-state index contributed by atoms with van der Waals surface area (Å²) in [6, 6.07) is 9.77. The molecule has 122 valence electrons. The van der Waals surface area contributed by atoms with Gasteiger partial charge in [0.1, 0.15) is 0 Å². The maximum atomic E-state index is 13.1. The fourth-order valence-electron chi connectivity index (χ4n) is 3.24. The van der Waals surface area contributed by atoms with E-state index in [1.165, 1.54) is 0 Å². The Morgan fingerprint density at radius 3 is 2.91 bits per heavy atom. The molecule has 1 N–H and O–H groups in total. The van der Waals surface area contributed by atoms with Gasteiger partial charge in [-0.3, -0.25) is 9.78 Å². The van der Waals surface area contributed by atoms with Gasteiger partial charge in [0, 0.05) is 30.8 Å². The summed E-state index contributed by atoms with van der Waals surface area (Å²) >= 11 is 0. The third kappa shape index (κ3) is 3.22. The molecule has 1 saturated heterocycles. The number of hydrogen-bond acceptors (Lipinski definition) is 3. The molecule has 0 saturated carbocycles. The van der Waals surface area contributed by atoms with Crippen molar-refractivity contribution >= 4 is 16.8 Å². The molecule has 1 aromatic carbocycles. The first-order valence-corrected chi connectivity index (χ1v) is 8.40. The number of amides is 1. The molecule has 1 unspecified atom stereocenters. The first-order valence-electron chi connectivity index (χ1n) is 8.40. The first-order chi connectivity index (χ1) is 11.1. The number of aliphatic hydroxyl groups excluding tert-OH is 1. The second-order valence-electron chi connectivity index (χ2n) is 6.71. The number of fused-ring (bicyclic) bond motifs is 1. The highest BCUT2D eigenvalue weighted by Gasteiger charge is 2.25. The van der Waals surface area contributed by atoms with E-state index in [0.29, 0.717) is 6.54 Å². The summed E-state index contributed by atoms with van der Waals surface area (Å²) in [4.78, 5) is 19.6. The number of aromatic nitrogens is 1. The molecule has 2 aromatic rings. The summed E-state index contributed by atoms with van der Waals surface area (Å²) in [5, 5.41) is 10.3. The Bertz CT molecular complexity index is 712. The number of piperidine rings is 1. The van der Waals surface area contributed by atoms with Gasteiger partial charge in [0.25, 0.3) is 5.91 Å². The Kier molecular flexibility index (Phi) is 4.62. The monoisotopic (exact) mass is 312 g/mol. The fraction of sp³-hybridized carbons (Fsp3) is 0.474. The fourth-order valence-corrected chi connectivity index (χ4v) is 3.24. The highest BCUT2D eigenvalue weighted by Crippen LogP contribution is 2.25. The topological polar surface area (TPSA) is 53.4 Å². The molecule has 0 radical (unpaired) electrons. The lowest BCUT2D eigenvalue weighted by molar-refractivity contribution is 0.0622. The lowest BCUT2D eigenvalue weighted by atomic mass is 9.97. The number of pyridine rings is 1. The first kappa shape index (κ1) is 15.9. The number of likely N-dealkylation sites (tertiary alicyclic amines) is 1. The lowest BCUT2D eigenvalue weighted by Gasteiger charge is -2.32. The van der Waals surface area contributed by atoms with Crippen LogP contribution in [0.15, 0.2) is 30.3 Å². The minimum Gasteiger partial charge on any atom is -0.396 e. The van der Waals surface area contributed by atoms with E-state index in [-0.39, 0.29) is 24.3 Å². The molecule has 1 amide bonds. The Morgan fingerprint density at radius 1 is 1.39 bits per heavy atom. The van der Waals surface area contributed by atoms with E-state index in [9.17, 15) is 9.90 Å². The molecule has 4 heteroatoms. The SMILES string of the molecule is CC(C)c1cc(C(=O)N2CCCC(CO)C2)c2ccccc2n1. The average Bonchev–Trinajstić information content (AvgIpc) is 2.60. The minimum atomic E-state index is 0.0589. The molecule has 3 rings (SSSR count). The molecule has 0 bridgehead atoms. The van der Waals surface area contributed by atoms with Crippen LogP contribution in [-0.2, 0) is 0 Å². The van der Waals surface area contributed by atoms with E-state index in [1.54, 1.807) is 0 Å². The van der Waals surface area contributed by atoms with Crippen LogP contribution in [0.25, 0.3) is 10.9 Å². The van der Waals surface area contributed by atoms with Gasteiger partial charge in [-0.2, -0.15) is 0 Å². The van der Waals surface area contributed by atoms with E-state index in [0.717, 1.165) is 41.5 Å². The standard InChI is InChI=1S/C19H24N2O2/c1-13(2)18-10-16(15-7-3-4-8-17(15)20-18)19(23)21-9-5-6-14(11-21)12-22/h3-4,7-8,10,13-14,22H,5-6,9,11-12H2,1-2H3. The van der Waals surface area contributed by atoms with E-state index >= 15 is 0 Å². The summed E-state index contributed by atoms with van der Waals surface area (Å²) in [7, 11) is 0. The predicted molar refractivity (Wildman–Crippen MR) is 91.5 cm³/mol. The Hall–Kier alpha value is -1.94. The number of nitrogens with zero attached hydrogens (tertiary/aromatic N) is 2. The summed E-state index contributed by atoms with van der Waals surface area (Å²) in [6.07, 6.45) is 1.95. The molecular weight excluding hydrogens is 288 g/mol. The number of aliphatic hydroxyl groups is 1. The molecule has 1 atom stereocenters. The summed E-state index contributed by atoms with van der Waals surface area (Å²) in [5.41, 5.74) is 2.55. The molecule has 0 aliphatic carbocycles. The zero-order valence-corrected chi connectivity index (χ0v) is 13.8. The van der Waals surface area contributed by atoms with Gasteiger partial charge in [0.2, 0.25) is 0 Å². The smallest absolute Gasteiger partial charge is 0.254 e. The van der Waals surface area contributed by atoms with Crippen molar-refractivity contribution in [1.82, 2.24) is 9.88 Å². The molecule has 0 spiro atoms. The number of carbonyl (C=O) groups excluding carboxylic acids is 1. The van der Waals surface area contributed by atoms with Crippen LogP contribution in [0, 0.1) is 5.92 Å². The van der Waals surface area contributed by atoms with Crippen molar-refractivity contribution in [2.45, 2.75) is 32.6 Å². The summed E-state index contributed by atoms with van der Waals surface area (Å²) in [6.45, 7) is 5.74. The third-order valence-corrected chi connectivity index (χ3v) is 4.62. The van der Waals surface area contributed by atoms with Crippen molar-refractivity contribution < 1.29 is 9.90 Å². The Balaban J connectivity index is 2.02. The maximum Gasteiger partial charge on any atom is 0.254 e. The van der Waals surface area contributed by atoms with Crippen LogP contribution in [0.2, 0.25) is 0 Å². The van der Waals surface area contributed by atoms with E-state index in [2.05, 4.69) is 18.8 Å². The van der Waals surface area contributed by atoms with Crippen molar-refractivity contribution in [1.29, 1.82) is 0 Å². The van der Waals surface area contributed by atoms with E-state index in [4.69, 9.17) is 0 Å². The molecule has 1 aromatic heterocycles. The molecule has 1 aliphatic rings. The van der Waals surface area contributed by atoms with Crippen LogP contribution in [0.5, 0.6) is 0 Å². The van der Waals surface area contributed by atoms with E-state index in [1.807, 2.05) is 35.2 Å². The number of rotatable bonds is 3. The van der Waals surface area contributed by atoms with Crippen molar-refractivity contribution in [2.75, 3.05) is 19.7 Å². The highest BCUT2D eigenvalue weighted by molar-refractivity contribution is 6.06. The third-order valence-electron chi connectivity index (χ3n) is 4.62. The van der Waals surface area contributed by atoms with Gasteiger partial charge in [-0.05, 0) is 36.8 Å². The van der Waals surface area contributed by atoms with Gasteiger partial charge >= 0.3 is 0 Å².